The van der Waals surface area contributed by atoms with Crippen molar-refractivity contribution in [1.29, 1.82) is 0 Å². The summed E-state index contributed by atoms with van der Waals surface area (Å²) >= 11 is 5.85. The minimum atomic E-state index is -1.46. The second-order valence-corrected chi connectivity index (χ2v) is 6.89. The van der Waals surface area contributed by atoms with Crippen LogP contribution in [0.3, 0.4) is 0 Å². The SMILES string of the molecule is CCOP(OCC)Oc1ccccc1/C=C/C(=O)/C=C/c1ccc(Cl)cc1. The highest BCUT2D eigenvalue weighted by Crippen LogP contribution is 2.41. The van der Waals surface area contributed by atoms with Gasteiger partial charge in [0, 0.05) is 10.6 Å². The quantitative estimate of drug-likeness (QED) is 0.343. The van der Waals surface area contributed by atoms with Gasteiger partial charge in [0.05, 0.1) is 13.2 Å². The highest BCUT2D eigenvalue weighted by atomic mass is 35.5. The first-order valence-electron chi connectivity index (χ1n) is 8.61. The van der Waals surface area contributed by atoms with Crippen LogP contribution in [0, 0.1) is 0 Å². The lowest BCUT2D eigenvalue weighted by Crippen LogP contribution is -1.98. The molecule has 0 aliphatic heterocycles. The highest BCUT2D eigenvalue weighted by Gasteiger charge is 2.14. The van der Waals surface area contributed by atoms with E-state index >= 15 is 0 Å². The van der Waals surface area contributed by atoms with Gasteiger partial charge in [0.2, 0.25) is 0 Å². The minimum Gasteiger partial charge on any atom is -0.426 e. The zero-order chi connectivity index (χ0) is 19.5. The summed E-state index contributed by atoms with van der Waals surface area (Å²) in [5.74, 6) is 0.480. The fourth-order valence-corrected chi connectivity index (χ4v) is 3.12. The normalized spacial score (nSPS) is 11.6. The number of para-hydroxylation sites is 1. The third kappa shape index (κ3) is 7.66. The van der Waals surface area contributed by atoms with Crippen LogP contribution >= 0.6 is 20.2 Å². The molecule has 2 rings (SSSR count). The van der Waals surface area contributed by atoms with Gasteiger partial charge in [-0.1, -0.05) is 48.0 Å². The first kappa shape index (κ1) is 21.3. The lowest BCUT2D eigenvalue weighted by Gasteiger charge is -2.16. The van der Waals surface area contributed by atoms with Crippen LogP contribution in [-0.2, 0) is 13.8 Å². The molecule has 6 heteroatoms. The molecule has 0 heterocycles. The van der Waals surface area contributed by atoms with Crippen molar-refractivity contribution in [3.05, 3.63) is 76.8 Å². The van der Waals surface area contributed by atoms with Gasteiger partial charge in [-0.25, -0.2) is 0 Å². The maximum Gasteiger partial charge on any atom is 0.397 e. The number of carbonyl (C=O) groups is 1. The van der Waals surface area contributed by atoms with E-state index in [4.69, 9.17) is 25.2 Å². The average Bonchev–Trinajstić information content (AvgIpc) is 2.67. The Morgan fingerprint density at radius 2 is 1.59 bits per heavy atom. The van der Waals surface area contributed by atoms with Gasteiger partial charge in [0.25, 0.3) is 0 Å². The Balaban J connectivity index is 2.05. The van der Waals surface area contributed by atoms with Crippen molar-refractivity contribution >= 4 is 38.1 Å². The molecule has 0 amide bonds. The lowest BCUT2D eigenvalue weighted by molar-refractivity contribution is -0.110. The second-order valence-electron chi connectivity index (χ2n) is 5.31. The van der Waals surface area contributed by atoms with Crippen LogP contribution in [0.15, 0.2) is 60.7 Å². The van der Waals surface area contributed by atoms with E-state index < -0.39 is 8.60 Å². The molecule has 0 spiro atoms. The molecular weight excluding hydrogens is 383 g/mol. The Labute approximate surface area is 166 Å². The van der Waals surface area contributed by atoms with Crippen molar-refractivity contribution in [1.82, 2.24) is 0 Å². The number of hydrogen-bond acceptors (Lipinski definition) is 4. The van der Waals surface area contributed by atoms with Crippen LogP contribution in [0.1, 0.15) is 25.0 Å². The third-order valence-corrected chi connectivity index (χ3v) is 4.83. The first-order chi connectivity index (χ1) is 13.1. The maximum absolute atomic E-state index is 12.1. The molecule has 2 aromatic carbocycles. The van der Waals surface area contributed by atoms with Gasteiger partial charge in [0.15, 0.2) is 5.78 Å². The molecule has 0 radical (unpaired) electrons. The summed E-state index contributed by atoms with van der Waals surface area (Å²) in [7, 11) is -1.46. The Morgan fingerprint density at radius 1 is 0.963 bits per heavy atom. The lowest BCUT2D eigenvalue weighted by atomic mass is 10.1. The van der Waals surface area contributed by atoms with E-state index in [1.165, 1.54) is 12.2 Å². The summed E-state index contributed by atoms with van der Waals surface area (Å²) in [6.07, 6.45) is 6.47. The van der Waals surface area contributed by atoms with Crippen molar-refractivity contribution < 1.29 is 18.4 Å². The maximum atomic E-state index is 12.1. The standard InChI is InChI=1S/C21H22ClO4P/c1-3-24-27(25-4-2)26-21-8-6-5-7-18(21)12-16-20(23)15-11-17-9-13-19(22)14-10-17/h5-16H,3-4H2,1-2H3/b15-11+,16-12+. The molecule has 0 aliphatic rings. The highest BCUT2D eigenvalue weighted by molar-refractivity contribution is 7.42. The summed E-state index contributed by atoms with van der Waals surface area (Å²) in [4.78, 5) is 12.1. The van der Waals surface area contributed by atoms with E-state index in [1.807, 2.05) is 50.2 Å². The molecule has 0 atom stereocenters. The summed E-state index contributed by atoms with van der Waals surface area (Å²) < 4.78 is 16.8. The van der Waals surface area contributed by atoms with Crippen LogP contribution in [0.4, 0.5) is 0 Å². The largest absolute Gasteiger partial charge is 0.426 e. The second kappa shape index (κ2) is 11.7. The van der Waals surface area contributed by atoms with Crippen LogP contribution in [0.25, 0.3) is 12.2 Å². The van der Waals surface area contributed by atoms with Gasteiger partial charge in [-0.15, -0.1) is 0 Å². The molecule has 2 aromatic rings. The molecule has 0 saturated heterocycles. The molecular formula is C21H22ClO4P. The Bertz CT molecular complexity index is 781. The van der Waals surface area contributed by atoms with Gasteiger partial charge in [0.1, 0.15) is 5.75 Å². The molecule has 0 N–H and O–H groups in total. The summed E-state index contributed by atoms with van der Waals surface area (Å²) in [6.45, 7) is 4.76. The Hall–Kier alpha value is -1.97. The number of ketones is 1. The van der Waals surface area contributed by atoms with Crippen molar-refractivity contribution in [2.45, 2.75) is 13.8 Å². The molecule has 0 bridgehead atoms. The summed E-state index contributed by atoms with van der Waals surface area (Å²) in [5, 5.41) is 0.661. The summed E-state index contributed by atoms with van der Waals surface area (Å²) in [5.41, 5.74) is 1.68. The van der Waals surface area contributed by atoms with E-state index in [1.54, 1.807) is 24.3 Å². The molecule has 0 aliphatic carbocycles. The van der Waals surface area contributed by atoms with Crippen LogP contribution in [0.2, 0.25) is 5.02 Å². The first-order valence-corrected chi connectivity index (χ1v) is 10.1. The van der Waals surface area contributed by atoms with Crippen molar-refractivity contribution in [2.24, 2.45) is 0 Å². The fraction of sp³-hybridized carbons (Fsp3) is 0.190. The molecule has 0 unspecified atom stereocenters. The summed E-state index contributed by atoms with van der Waals surface area (Å²) in [6, 6.07) is 14.7. The third-order valence-electron chi connectivity index (χ3n) is 3.30. The zero-order valence-corrected chi connectivity index (χ0v) is 17.0. The molecule has 0 saturated carbocycles. The molecule has 142 valence electrons. The smallest absolute Gasteiger partial charge is 0.397 e. The van der Waals surface area contributed by atoms with Gasteiger partial charge in [-0.2, -0.15) is 0 Å². The van der Waals surface area contributed by atoms with E-state index in [-0.39, 0.29) is 5.78 Å². The van der Waals surface area contributed by atoms with Crippen LogP contribution < -0.4 is 4.52 Å². The van der Waals surface area contributed by atoms with Crippen molar-refractivity contribution in [3.63, 3.8) is 0 Å². The fourth-order valence-electron chi connectivity index (χ4n) is 2.06. The van der Waals surface area contributed by atoms with Crippen molar-refractivity contribution in [2.75, 3.05) is 13.2 Å². The Kier molecular flexibility index (Phi) is 9.23. The van der Waals surface area contributed by atoms with E-state index in [0.717, 1.165) is 11.1 Å². The molecule has 0 fully saturated rings. The van der Waals surface area contributed by atoms with Crippen molar-refractivity contribution in [3.8, 4) is 5.75 Å². The predicted octanol–water partition coefficient (Wildman–Crippen LogP) is 6.31. The number of rotatable bonds is 10. The zero-order valence-electron chi connectivity index (χ0n) is 15.3. The van der Waals surface area contributed by atoms with Gasteiger partial charge < -0.3 is 13.6 Å². The molecule has 0 aromatic heterocycles. The van der Waals surface area contributed by atoms with E-state index in [0.29, 0.717) is 24.0 Å². The van der Waals surface area contributed by atoms with E-state index in [9.17, 15) is 4.79 Å². The van der Waals surface area contributed by atoms with E-state index in [2.05, 4.69) is 0 Å². The van der Waals surface area contributed by atoms with Gasteiger partial charge >= 0.3 is 8.60 Å². The number of carbonyl (C=O) groups excluding carboxylic acids is 1. The topological polar surface area (TPSA) is 44.8 Å². The van der Waals surface area contributed by atoms with Gasteiger partial charge in [-0.05, 0) is 55.8 Å². The van der Waals surface area contributed by atoms with Gasteiger partial charge in [-0.3, -0.25) is 4.79 Å². The average molecular weight is 405 g/mol. The number of allylic oxidation sites excluding steroid dienone is 2. The van der Waals surface area contributed by atoms with Crippen LogP contribution in [-0.4, -0.2) is 19.0 Å². The van der Waals surface area contributed by atoms with Crippen LogP contribution in [0.5, 0.6) is 5.75 Å². The monoisotopic (exact) mass is 404 g/mol. The molecule has 4 nitrogen and oxygen atoms in total. The number of benzene rings is 2. The Morgan fingerprint density at radius 3 is 2.26 bits per heavy atom. The number of halogens is 1. The minimum absolute atomic E-state index is 0.128. The number of hydrogen-bond donors (Lipinski definition) is 0. The molecule has 27 heavy (non-hydrogen) atoms. The predicted molar refractivity (Wildman–Crippen MR) is 112 cm³/mol.